The molecule has 2 N–H and O–H groups in total. The van der Waals surface area contributed by atoms with Crippen LogP contribution in [0.1, 0.15) is 22.9 Å². The van der Waals surface area contributed by atoms with Crippen molar-refractivity contribution < 1.29 is 4.79 Å². The third-order valence-corrected chi connectivity index (χ3v) is 4.84. The number of urea groups is 1. The Labute approximate surface area is 174 Å². The van der Waals surface area contributed by atoms with Crippen LogP contribution in [0.5, 0.6) is 0 Å². The summed E-state index contributed by atoms with van der Waals surface area (Å²) in [6, 6.07) is 26.2. The Morgan fingerprint density at radius 3 is 2.40 bits per heavy atom. The summed E-state index contributed by atoms with van der Waals surface area (Å²) in [6.45, 7) is 0.166. The molecule has 0 aliphatic heterocycles. The lowest BCUT2D eigenvalue weighted by Crippen LogP contribution is -2.38. The summed E-state index contributed by atoms with van der Waals surface area (Å²) in [6.07, 6.45) is 2.34. The largest absolute Gasteiger partial charge is 0.332 e. The Morgan fingerprint density at radius 1 is 0.933 bits per heavy atom. The lowest BCUT2D eigenvalue weighted by atomic mass is 9.99. The van der Waals surface area contributed by atoms with Crippen molar-refractivity contribution >= 4 is 11.7 Å². The molecule has 1 unspecified atom stereocenters. The number of hydrogen-bond acceptors (Lipinski definition) is 3. The van der Waals surface area contributed by atoms with E-state index in [2.05, 4.69) is 15.6 Å². The monoisotopic (exact) mass is 398 g/mol. The number of hydrogen-bond donors (Lipinski definition) is 2. The molecule has 0 saturated carbocycles. The van der Waals surface area contributed by atoms with Gasteiger partial charge in [0.15, 0.2) is 0 Å². The normalized spacial score (nSPS) is 11.7. The van der Waals surface area contributed by atoms with E-state index in [4.69, 9.17) is 0 Å². The molecule has 0 spiro atoms. The Bertz CT molecular complexity index is 1190. The van der Waals surface area contributed by atoms with Gasteiger partial charge in [-0.3, -0.25) is 9.20 Å². The molecule has 6 heteroatoms. The molecule has 0 bridgehead atoms. The summed E-state index contributed by atoms with van der Waals surface area (Å²) in [5.41, 5.74) is 3.05. The molecule has 1 atom stereocenters. The van der Waals surface area contributed by atoms with Gasteiger partial charge in [-0.1, -0.05) is 66.7 Å². The number of carbonyl (C=O) groups excluding carboxylic acids is 1. The number of nitrogens with one attached hydrogen (secondary N) is 2. The van der Waals surface area contributed by atoms with Crippen molar-refractivity contribution in [3.63, 3.8) is 0 Å². The predicted molar refractivity (Wildman–Crippen MR) is 116 cm³/mol. The van der Waals surface area contributed by atoms with E-state index in [1.807, 2.05) is 66.7 Å². The molecule has 0 fully saturated rings. The first-order valence-electron chi connectivity index (χ1n) is 9.79. The lowest BCUT2D eigenvalue weighted by Gasteiger charge is -2.20. The number of fused-ring (bicyclic) bond motifs is 1. The topological polar surface area (TPSA) is 75.5 Å². The van der Waals surface area contributed by atoms with Crippen molar-refractivity contribution in [1.82, 2.24) is 20.0 Å². The number of pyridine rings is 1. The maximum atomic E-state index is 12.6. The minimum atomic E-state index is -0.310. The summed E-state index contributed by atoms with van der Waals surface area (Å²) in [7, 11) is 0. The van der Waals surface area contributed by atoms with Crippen molar-refractivity contribution in [3.05, 3.63) is 118 Å². The molecule has 4 rings (SSSR count). The van der Waals surface area contributed by atoms with Crippen LogP contribution in [0.25, 0.3) is 5.65 Å². The number of carbonyl (C=O) groups is 1. The molecule has 2 aromatic carbocycles. The number of rotatable bonds is 6. The highest BCUT2D eigenvalue weighted by atomic mass is 16.2. The second-order valence-corrected chi connectivity index (χ2v) is 6.99. The van der Waals surface area contributed by atoms with Crippen molar-refractivity contribution in [2.45, 2.75) is 19.0 Å². The average molecular weight is 398 g/mol. The third kappa shape index (κ3) is 4.72. The maximum Gasteiger partial charge on any atom is 0.315 e. The Kier molecular flexibility index (Phi) is 5.85. The van der Waals surface area contributed by atoms with Crippen molar-refractivity contribution in [3.8, 4) is 0 Å². The average Bonchev–Trinajstić information content (AvgIpc) is 2.79. The molecular weight excluding hydrogens is 376 g/mol. The van der Waals surface area contributed by atoms with Gasteiger partial charge in [0.25, 0.3) is 5.56 Å². The van der Waals surface area contributed by atoms with Gasteiger partial charge in [0.1, 0.15) is 5.65 Å². The van der Waals surface area contributed by atoms with Crippen molar-refractivity contribution in [1.29, 1.82) is 0 Å². The zero-order chi connectivity index (χ0) is 20.8. The van der Waals surface area contributed by atoms with Gasteiger partial charge in [-0.05, 0) is 29.7 Å². The fraction of sp³-hybridized carbons (Fsp3) is 0.125. The minimum absolute atomic E-state index is 0.166. The second-order valence-electron chi connectivity index (χ2n) is 6.99. The Balaban J connectivity index is 1.45. The van der Waals surface area contributed by atoms with E-state index in [9.17, 15) is 9.59 Å². The van der Waals surface area contributed by atoms with E-state index < -0.39 is 0 Å². The molecule has 0 aliphatic rings. The number of amides is 2. The summed E-state index contributed by atoms with van der Waals surface area (Å²) in [5.74, 6) is 0. The van der Waals surface area contributed by atoms with Crippen LogP contribution in [0.2, 0.25) is 0 Å². The number of aromatic nitrogens is 2. The Hall–Kier alpha value is -3.93. The van der Waals surface area contributed by atoms with Crippen LogP contribution in [0.4, 0.5) is 4.79 Å². The van der Waals surface area contributed by atoms with Crippen LogP contribution in [0.3, 0.4) is 0 Å². The van der Waals surface area contributed by atoms with Gasteiger partial charge in [0, 0.05) is 12.3 Å². The first-order valence-corrected chi connectivity index (χ1v) is 9.79. The van der Waals surface area contributed by atoms with Gasteiger partial charge in [-0.2, -0.15) is 0 Å². The first kappa shape index (κ1) is 19.4. The van der Waals surface area contributed by atoms with E-state index in [1.54, 1.807) is 18.3 Å². The van der Waals surface area contributed by atoms with E-state index in [-0.39, 0.29) is 24.2 Å². The van der Waals surface area contributed by atoms with Gasteiger partial charge < -0.3 is 10.6 Å². The molecule has 2 heterocycles. The molecule has 2 aromatic heterocycles. The number of nitrogens with zero attached hydrogens (tertiary/aromatic N) is 2. The SMILES string of the molecule is O=C(NCc1cc(=O)n2ccccc2n1)NC(Cc1ccccc1)c1ccccc1. The zero-order valence-corrected chi connectivity index (χ0v) is 16.4. The van der Waals surface area contributed by atoms with Gasteiger partial charge in [0.2, 0.25) is 0 Å². The van der Waals surface area contributed by atoms with E-state index >= 15 is 0 Å². The fourth-order valence-electron chi connectivity index (χ4n) is 3.36. The molecule has 2 amide bonds. The lowest BCUT2D eigenvalue weighted by molar-refractivity contribution is 0.236. The van der Waals surface area contributed by atoms with Gasteiger partial charge >= 0.3 is 6.03 Å². The Morgan fingerprint density at radius 2 is 1.63 bits per heavy atom. The third-order valence-electron chi connectivity index (χ3n) is 4.84. The van der Waals surface area contributed by atoms with Crippen molar-refractivity contribution in [2.75, 3.05) is 0 Å². The van der Waals surface area contributed by atoms with Gasteiger partial charge in [-0.15, -0.1) is 0 Å². The zero-order valence-electron chi connectivity index (χ0n) is 16.4. The quantitative estimate of drug-likeness (QED) is 0.522. The number of benzene rings is 2. The summed E-state index contributed by atoms with van der Waals surface area (Å²) in [5, 5.41) is 5.86. The van der Waals surface area contributed by atoms with Crippen LogP contribution in [0, 0.1) is 0 Å². The van der Waals surface area contributed by atoms with Crippen LogP contribution < -0.4 is 16.2 Å². The van der Waals surface area contributed by atoms with Gasteiger partial charge in [0.05, 0.1) is 18.3 Å². The maximum absolute atomic E-state index is 12.6. The summed E-state index contributed by atoms with van der Waals surface area (Å²) >= 11 is 0. The van der Waals surface area contributed by atoms with Crippen LogP contribution >= 0.6 is 0 Å². The highest BCUT2D eigenvalue weighted by Crippen LogP contribution is 2.18. The highest BCUT2D eigenvalue weighted by Gasteiger charge is 2.15. The smallest absolute Gasteiger partial charge is 0.315 e. The van der Waals surface area contributed by atoms with Crippen LogP contribution in [0.15, 0.2) is 95.9 Å². The van der Waals surface area contributed by atoms with E-state index in [0.717, 1.165) is 11.1 Å². The molecule has 0 aliphatic carbocycles. The van der Waals surface area contributed by atoms with E-state index in [0.29, 0.717) is 17.8 Å². The second kappa shape index (κ2) is 9.05. The first-order chi connectivity index (χ1) is 14.7. The molecule has 30 heavy (non-hydrogen) atoms. The molecule has 0 saturated heterocycles. The molecule has 0 radical (unpaired) electrons. The fourth-order valence-corrected chi connectivity index (χ4v) is 3.36. The molecule has 150 valence electrons. The highest BCUT2D eigenvalue weighted by molar-refractivity contribution is 5.74. The van der Waals surface area contributed by atoms with Crippen LogP contribution in [-0.4, -0.2) is 15.4 Å². The molecular formula is C24H22N4O2. The summed E-state index contributed by atoms with van der Waals surface area (Å²) < 4.78 is 1.47. The summed E-state index contributed by atoms with van der Waals surface area (Å²) in [4.78, 5) is 29.2. The standard InChI is InChI=1S/C24H22N4O2/c29-23-16-20(26-22-13-7-8-14-28(22)23)17-25-24(30)27-21(19-11-5-2-6-12-19)15-18-9-3-1-4-10-18/h1-14,16,21H,15,17H2,(H2,25,27,30). The molecule has 6 nitrogen and oxygen atoms in total. The predicted octanol–water partition coefficient (Wildman–Crippen LogP) is 3.48. The van der Waals surface area contributed by atoms with E-state index in [1.165, 1.54) is 10.5 Å². The van der Waals surface area contributed by atoms with Crippen molar-refractivity contribution in [2.24, 2.45) is 0 Å². The van der Waals surface area contributed by atoms with Gasteiger partial charge in [-0.25, -0.2) is 9.78 Å². The van der Waals surface area contributed by atoms with Crippen LogP contribution in [-0.2, 0) is 13.0 Å². The minimum Gasteiger partial charge on any atom is -0.332 e. The molecule has 4 aromatic rings.